The van der Waals surface area contributed by atoms with Crippen molar-refractivity contribution in [2.24, 2.45) is 28.6 Å². The summed E-state index contributed by atoms with van der Waals surface area (Å²) < 4.78 is 5.34. The van der Waals surface area contributed by atoms with Gasteiger partial charge in [-0.1, -0.05) is 25.5 Å². The maximum atomic E-state index is 11.7. The Hall–Kier alpha value is -0.670. The lowest BCUT2D eigenvalue weighted by molar-refractivity contribution is -0.128. The standard InChI is InChI=1S/C23H32O2S/c1-21-9-5-17(26)13-15(21)3-4-18-19(21)6-10-22(2)20(18)7-11-23(22,24)16-8-12-25-14-16/h3,8,12,14,17-20,24,26H,4-7,9-11,13H2,1-2H3/t17?,18-,19-,20+,21+,22+,23?/m1/s1. The molecule has 1 heterocycles. The summed E-state index contributed by atoms with van der Waals surface area (Å²) in [6, 6.07) is 1.98. The molecule has 0 saturated heterocycles. The number of fused-ring (bicyclic) bond motifs is 5. The molecule has 1 aromatic rings. The second kappa shape index (κ2) is 5.67. The van der Waals surface area contributed by atoms with E-state index >= 15 is 0 Å². The minimum absolute atomic E-state index is 0.0273. The molecular weight excluding hydrogens is 340 g/mol. The molecule has 3 saturated carbocycles. The van der Waals surface area contributed by atoms with Crippen LogP contribution in [0.4, 0.5) is 0 Å². The van der Waals surface area contributed by atoms with Gasteiger partial charge in [0.2, 0.25) is 0 Å². The first-order chi connectivity index (χ1) is 12.4. The third kappa shape index (κ3) is 2.11. The van der Waals surface area contributed by atoms with Gasteiger partial charge in [0.25, 0.3) is 0 Å². The topological polar surface area (TPSA) is 33.4 Å². The van der Waals surface area contributed by atoms with Crippen LogP contribution in [-0.2, 0) is 5.60 Å². The lowest BCUT2D eigenvalue weighted by Gasteiger charge is -2.59. The van der Waals surface area contributed by atoms with Crippen molar-refractivity contribution < 1.29 is 9.52 Å². The van der Waals surface area contributed by atoms with Gasteiger partial charge in [0, 0.05) is 16.2 Å². The van der Waals surface area contributed by atoms with Crippen molar-refractivity contribution in [2.45, 2.75) is 76.1 Å². The minimum atomic E-state index is -0.719. The van der Waals surface area contributed by atoms with E-state index in [0.29, 0.717) is 16.6 Å². The normalized spacial score (nSPS) is 50.5. The second-order valence-electron chi connectivity index (χ2n) is 10.0. The number of hydrogen-bond donors (Lipinski definition) is 2. The van der Waals surface area contributed by atoms with Crippen molar-refractivity contribution >= 4 is 12.6 Å². The number of thiol groups is 1. The summed E-state index contributed by atoms with van der Waals surface area (Å²) in [6.45, 7) is 4.90. The van der Waals surface area contributed by atoms with E-state index in [2.05, 4.69) is 19.9 Å². The molecule has 4 aliphatic rings. The van der Waals surface area contributed by atoms with Crippen LogP contribution in [0.15, 0.2) is 34.7 Å². The van der Waals surface area contributed by atoms with Gasteiger partial charge in [0.1, 0.15) is 0 Å². The van der Waals surface area contributed by atoms with Crippen LogP contribution in [0, 0.1) is 28.6 Å². The Morgan fingerprint density at radius 1 is 1.12 bits per heavy atom. The Bertz CT molecular complexity index is 725. The fraction of sp³-hybridized carbons (Fsp3) is 0.739. The number of rotatable bonds is 1. The maximum Gasteiger partial charge on any atom is 0.0983 e. The van der Waals surface area contributed by atoms with E-state index in [4.69, 9.17) is 17.0 Å². The third-order valence-electron chi connectivity index (χ3n) is 9.23. The highest BCUT2D eigenvalue weighted by molar-refractivity contribution is 7.80. The molecule has 0 amide bonds. The van der Waals surface area contributed by atoms with E-state index in [9.17, 15) is 5.11 Å². The monoisotopic (exact) mass is 372 g/mol. The zero-order valence-electron chi connectivity index (χ0n) is 16.1. The van der Waals surface area contributed by atoms with Gasteiger partial charge >= 0.3 is 0 Å². The molecule has 0 radical (unpaired) electrons. The van der Waals surface area contributed by atoms with Crippen molar-refractivity contribution in [2.75, 3.05) is 0 Å². The number of hydrogen-bond acceptors (Lipinski definition) is 3. The summed E-state index contributed by atoms with van der Waals surface area (Å²) in [6.07, 6.45) is 15.4. The molecule has 26 heavy (non-hydrogen) atoms. The molecule has 2 unspecified atom stereocenters. The predicted molar refractivity (Wildman–Crippen MR) is 107 cm³/mol. The summed E-state index contributed by atoms with van der Waals surface area (Å²) in [5, 5.41) is 12.3. The van der Waals surface area contributed by atoms with Gasteiger partial charge in [-0.3, -0.25) is 0 Å². The lowest BCUT2D eigenvalue weighted by Crippen LogP contribution is -2.53. The maximum absolute atomic E-state index is 11.7. The molecule has 0 bridgehead atoms. The molecular formula is C23H32O2S. The molecule has 142 valence electrons. The molecule has 1 N–H and O–H groups in total. The smallest absolute Gasteiger partial charge is 0.0983 e. The van der Waals surface area contributed by atoms with Crippen LogP contribution in [-0.4, -0.2) is 10.4 Å². The van der Waals surface area contributed by atoms with Crippen LogP contribution in [0.5, 0.6) is 0 Å². The van der Waals surface area contributed by atoms with Crippen molar-refractivity contribution in [1.29, 1.82) is 0 Å². The summed E-state index contributed by atoms with van der Waals surface area (Å²) in [7, 11) is 0. The van der Waals surface area contributed by atoms with Crippen LogP contribution in [0.25, 0.3) is 0 Å². The molecule has 7 atom stereocenters. The first kappa shape index (κ1) is 17.4. The van der Waals surface area contributed by atoms with Gasteiger partial charge in [0.05, 0.1) is 18.1 Å². The van der Waals surface area contributed by atoms with Crippen LogP contribution in [0.3, 0.4) is 0 Å². The van der Waals surface area contributed by atoms with E-state index in [-0.39, 0.29) is 5.41 Å². The van der Waals surface area contributed by atoms with Gasteiger partial charge in [0.15, 0.2) is 0 Å². The molecule has 0 spiro atoms. The molecule has 5 rings (SSSR count). The average molecular weight is 373 g/mol. The number of furan rings is 1. The first-order valence-electron chi connectivity index (χ1n) is 10.5. The van der Waals surface area contributed by atoms with Gasteiger partial charge < -0.3 is 9.52 Å². The molecule has 1 aromatic heterocycles. The van der Waals surface area contributed by atoms with E-state index in [1.165, 1.54) is 32.1 Å². The highest BCUT2D eigenvalue weighted by atomic mass is 32.1. The van der Waals surface area contributed by atoms with Crippen LogP contribution >= 0.6 is 12.6 Å². The zero-order valence-corrected chi connectivity index (χ0v) is 17.0. The average Bonchev–Trinajstić information content (AvgIpc) is 3.24. The molecule has 0 aromatic carbocycles. The fourth-order valence-electron chi connectivity index (χ4n) is 7.63. The second-order valence-corrected chi connectivity index (χ2v) is 10.8. The number of allylic oxidation sites excluding steroid dienone is 2. The SMILES string of the molecule is C[C@]12CCC(S)CC1=CC[C@@H]1[C@H]2CC[C@@]2(C)[C@H]1CCC2(O)c1ccoc1. The highest BCUT2D eigenvalue weighted by Gasteiger charge is 2.64. The van der Waals surface area contributed by atoms with Crippen molar-refractivity contribution in [1.82, 2.24) is 0 Å². The van der Waals surface area contributed by atoms with E-state index in [0.717, 1.165) is 36.7 Å². The first-order valence-corrected chi connectivity index (χ1v) is 11.0. The molecule has 2 nitrogen and oxygen atoms in total. The van der Waals surface area contributed by atoms with E-state index < -0.39 is 5.60 Å². The summed E-state index contributed by atoms with van der Waals surface area (Å²) in [4.78, 5) is 0. The van der Waals surface area contributed by atoms with Crippen LogP contribution in [0.1, 0.15) is 70.8 Å². The van der Waals surface area contributed by atoms with Gasteiger partial charge in [-0.25, -0.2) is 0 Å². The van der Waals surface area contributed by atoms with Crippen molar-refractivity contribution in [3.8, 4) is 0 Å². The molecule has 4 aliphatic carbocycles. The van der Waals surface area contributed by atoms with Gasteiger partial charge in [-0.15, -0.1) is 0 Å². The van der Waals surface area contributed by atoms with Crippen molar-refractivity contribution in [3.05, 3.63) is 35.8 Å². The third-order valence-corrected chi connectivity index (χ3v) is 9.67. The summed E-state index contributed by atoms with van der Waals surface area (Å²) in [5.74, 6) is 2.12. The minimum Gasteiger partial charge on any atom is -0.472 e. The zero-order chi connectivity index (χ0) is 18.2. The van der Waals surface area contributed by atoms with Gasteiger partial charge in [-0.2, -0.15) is 12.6 Å². The highest BCUT2D eigenvalue weighted by Crippen LogP contribution is 2.69. The Morgan fingerprint density at radius 2 is 1.92 bits per heavy atom. The Balaban J connectivity index is 1.51. The van der Waals surface area contributed by atoms with E-state index in [1.54, 1.807) is 18.1 Å². The van der Waals surface area contributed by atoms with E-state index in [1.807, 2.05) is 6.07 Å². The Morgan fingerprint density at radius 3 is 2.69 bits per heavy atom. The number of aliphatic hydroxyl groups is 1. The fourth-order valence-corrected chi connectivity index (χ4v) is 7.96. The van der Waals surface area contributed by atoms with Crippen LogP contribution in [0.2, 0.25) is 0 Å². The largest absolute Gasteiger partial charge is 0.472 e. The molecule has 3 heteroatoms. The predicted octanol–water partition coefficient (Wildman–Crippen LogP) is 5.73. The van der Waals surface area contributed by atoms with Crippen molar-refractivity contribution in [3.63, 3.8) is 0 Å². The lowest BCUT2D eigenvalue weighted by atomic mass is 9.47. The Labute approximate surface area is 162 Å². The quantitative estimate of drug-likeness (QED) is 0.488. The van der Waals surface area contributed by atoms with Gasteiger partial charge in [-0.05, 0) is 80.6 Å². The molecule has 3 fully saturated rings. The molecule has 0 aliphatic heterocycles. The summed E-state index contributed by atoms with van der Waals surface area (Å²) >= 11 is 4.78. The summed E-state index contributed by atoms with van der Waals surface area (Å²) in [5.41, 5.74) is 2.32. The van der Waals surface area contributed by atoms with Crippen LogP contribution < -0.4 is 0 Å². The Kier molecular flexibility index (Phi) is 3.80.